The van der Waals surface area contributed by atoms with Crippen molar-refractivity contribution in [3.8, 4) is 0 Å². The molecule has 2 aromatic heterocycles. The van der Waals surface area contributed by atoms with Crippen molar-refractivity contribution in [3.63, 3.8) is 0 Å². The molecule has 2 rings (SSSR count). The van der Waals surface area contributed by atoms with E-state index in [1.165, 1.54) is 0 Å². The predicted molar refractivity (Wildman–Crippen MR) is 73.5 cm³/mol. The van der Waals surface area contributed by atoms with E-state index in [-0.39, 0.29) is 12.4 Å². The van der Waals surface area contributed by atoms with E-state index in [1.54, 1.807) is 11.3 Å². The number of halogens is 2. The average molecular weight is 296 g/mol. The largest absolute Gasteiger partial charge is 0.380 e. The first-order valence-electron chi connectivity index (χ1n) is 5.21. The summed E-state index contributed by atoms with van der Waals surface area (Å²) < 4.78 is 7.25. The van der Waals surface area contributed by atoms with Crippen LogP contribution in [0.2, 0.25) is 5.15 Å². The number of ether oxygens (including phenoxy) is 1. The molecule has 0 saturated carbocycles. The fraction of sp³-hybridized carbons (Fsp3) is 0.500. The van der Waals surface area contributed by atoms with Gasteiger partial charge in [0, 0.05) is 31.3 Å². The monoisotopic (exact) mass is 295 g/mol. The van der Waals surface area contributed by atoms with Crippen molar-refractivity contribution in [3.05, 3.63) is 22.4 Å². The Morgan fingerprint density at radius 1 is 1.59 bits per heavy atom. The first kappa shape index (κ1) is 14.7. The van der Waals surface area contributed by atoms with Gasteiger partial charge < -0.3 is 10.1 Å². The standard InChI is InChI=1S/C10H14ClN3OS.ClH/c1-2-15-5-3-12-7-8-9(11)13-10-14(8)4-6-16-10;/h4,6,12H,2-3,5,7H2,1H3;1H. The lowest BCUT2D eigenvalue weighted by atomic mass is 10.4. The lowest BCUT2D eigenvalue weighted by molar-refractivity contribution is 0.149. The van der Waals surface area contributed by atoms with Gasteiger partial charge in [0.1, 0.15) is 0 Å². The van der Waals surface area contributed by atoms with Crippen LogP contribution in [-0.4, -0.2) is 29.1 Å². The van der Waals surface area contributed by atoms with Crippen LogP contribution in [0.5, 0.6) is 0 Å². The van der Waals surface area contributed by atoms with Gasteiger partial charge in [-0.05, 0) is 6.92 Å². The number of hydrogen-bond donors (Lipinski definition) is 1. The quantitative estimate of drug-likeness (QED) is 0.833. The highest BCUT2D eigenvalue weighted by atomic mass is 35.5. The van der Waals surface area contributed by atoms with E-state index in [0.29, 0.717) is 11.7 Å². The highest BCUT2D eigenvalue weighted by Crippen LogP contribution is 2.20. The minimum absolute atomic E-state index is 0. The number of rotatable bonds is 6. The molecule has 1 N–H and O–H groups in total. The van der Waals surface area contributed by atoms with Gasteiger partial charge in [0.15, 0.2) is 10.1 Å². The molecule has 96 valence electrons. The van der Waals surface area contributed by atoms with Crippen molar-refractivity contribution in [2.75, 3.05) is 19.8 Å². The van der Waals surface area contributed by atoms with Crippen molar-refractivity contribution in [2.24, 2.45) is 0 Å². The number of nitrogens with one attached hydrogen (secondary N) is 1. The van der Waals surface area contributed by atoms with Gasteiger partial charge in [0.25, 0.3) is 0 Å². The molecule has 2 heterocycles. The SMILES string of the molecule is CCOCCNCc1c(Cl)nc2sccn12.Cl. The molecule has 0 bridgehead atoms. The van der Waals surface area contributed by atoms with E-state index in [2.05, 4.69) is 10.3 Å². The van der Waals surface area contributed by atoms with Crippen molar-refractivity contribution in [1.29, 1.82) is 0 Å². The van der Waals surface area contributed by atoms with E-state index in [9.17, 15) is 0 Å². The van der Waals surface area contributed by atoms with Crippen LogP contribution < -0.4 is 5.32 Å². The van der Waals surface area contributed by atoms with Crippen LogP contribution >= 0.6 is 35.3 Å². The second kappa shape index (κ2) is 7.18. The van der Waals surface area contributed by atoms with Gasteiger partial charge in [-0.25, -0.2) is 4.98 Å². The van der Waals surface area contributed by atoms with Crippen LogP contribution in [0.15, 0.2) is 11.6 Å². The second-order valence-electron chi connectivity index (χ2n) is 3.28. The predicted octanol–water partition coefficient (Wildman–Crippen LogP) is 2.60. The zero-order valence-corrected chi connectivity index (χ0v) is 11.9. The zero-order valence-electron chi connectivity index (χ0n) is 9.48. The first-order chi connectivity index (χ1) is 7.83. The molecule has 4 nitrogen and oxygen atoms in total. The molecule has 7 heteroatoms. The topological polar surface area (TPSA) is 38.6 Å². The summed E-state index contributed by atoms with van der Waals surface area (Å²) in [7, 11) is 0. The van der Waals surface area contributed by atoms with Gasteiger partial charge in [-0.1, -0.05) is 11.6 Å². The van der Waals surface area contributed by atoms with Gasteiger partial charge in [-0.2, -0.15) is 0 Å². The smallest absolute Gasteiger partial charge is 0.195 e. The summed E-state index contributed by atoms with van der Waals surface area (Å²) in [6.45, 7) is 5.00. The zero-order chi connectivity index (χ0) is 11.4. The Bertz CT molecular complexity index is 457. The summed E-state index contributed by atoms with van der Waals surface area (Å²) in [6.07, 6.45) is 1.98. The van der Waals surface area contributed by atoms with E-state index in [1.807, 2.05) is 22.9 Å². The minimum atomic E-state index is 0. The molecule has 0 aliphatic carbocycles. The average Bonchev–Trinajstić information content (AvgIpc) is 2.80. The van der Waals surface area contributed by atoms with E-state index >= 15 is 0 Å². The Labute approximate surface area is 115 Å². The summed E-state index contributed by atoms with van der Waals surface area (Å²) in [4.78, 5) is 5.20. The van der Waals surface area contributed by atoms with Crippen molar-refractivity contribution < 1.29 is 4.74 Å². The van der Waals surface area contributed by atoms with Crippen molar-refractivity contribution in [2.45, 2.75) is 13.5 Å². The third kappa shape index (κ3) is 3.56. The van der Waals surface area contributed by atoms with E-state index < -0.39 is 0 Å². The number of nitrogens with zero attached hydrogens (tertiary/aromatic N) is 2. The number of hydrogen-bond acceptors (Lipinski definition) is 4. The Morgan fingerprint density at radius 2 is 2.41 bits per heavy atom. The Hall–Kier alpha value is -0.330. The third-order valence-corrected chi connectivity index (χ3v) is 3.29. The van der Waals surface area contributed by atoms with Gasteiger partial charge in [-0.3, -0.25) is 4.40 Å². The van der Waals surface area contributed by atoms with Crippen LogP contribution in [0, 0.1) is 0 Å². The molecule has 0 radical (unpaired) electrons. The van der Waals surface area contributed by atoms with E-state index in [0.717, 1.165) is 30.4 Å². The lowest BCUT2D eigenvalue weighted by Gasteiger charge is -2.04. The molecule has 0 aliphatic rings. The molecule has 17 heavy (non-hydrogen) atoms. The lowest BCUT2D eigenvalue weighted by Crippen LogP contribution is -2.20. The summed E-state index contributed by atoms with van der Waals surface area (Å²) in [5, 5.41) is 5.86. The normalized spacial score (nSPS) is 10.7. The highest BCUT2D eigenvalue weighted by Gasteiger charge is 2.09. The fourth-order valence-electron chi connectivity index (χ4n) is 1.46. The van der Waals surface area contributed by atoms with E-state index in [4.69, 9.17) is 16.3 Å². The first-order valence-corrected chi connectivity index (χ1v) is 6.47. The maximum absolute atomic E-state index is 6.05. The maximum atomic E-state index is 6.05. The van der Waals surface area contributed by atoms with Crippen LogP contribution in [0.4, 0.5) is 0 Å². The summed E-state index contributed by atoms with van der Waals surface area (Å²) in [6, 6.07) is 0. The van der Waals surface area contributed by atoms with Crippen LogP contribution in [0.1, 0.15) is 12.6 Å². The summed E-state index contributed by atoms with van der Waals surface area (Å²) >= 11 is 7.64. The summed E-state index contributed by atoms with van der Waals surface area (Å²) in [5.74, 6) is 0. The molecular formula is C10H15Cl2N3OS. The molecule has 0 aliphatic heterocycles. The molecule has 0 unspecified atom stereocenters. The van der Waals surface area contributed by atoms with Crippen LogP contribution in [0.25, 0.3) is 4.96 Å². The molecule has 0 atom stereocenters. The molecular weight excluding hydrogens is 281 g/mol. The fourth-order valence-corrected chi connectivity index (χ4v) is 2.48. The second-order valence-corrected chi connectivity index (χ2v) is 4.51. The van der Waals surface area contributed by atoms with Crippen molar-refractivity contribution >= 4 is 40.3 Å². The molecule has 0 aromatic carbocycles. The van der Waals surface area contributed by atoms with Gasteiger partial charge in [0.2, 0.25) is 0 Å². The number of aromatic nitrogens is 2. The summed E-state index contributed by atoms with van der Waals surface area (Å²) in [5.41, 5.74) is 1.01. The number of thiazole rings is 1. The molecule has 0 spiro atoms. The minimum Gasteiger partial charge on any atom is -0.380 e. The number of fused-ring (bicyclic) bond motifs is 1. The van der Waals surface area contributed by atoms with Crippen molar-refractivity contribution in [1.82, 2.24) is 14.7 Å². The van der Waals surface area contributed by atoms with Gasteiger partial charge in [0.05, 0.1) is 12.3 Å². The molecule has 0 amide bonds. The van der Waals surface area contributed by atoms with Crippen LogP contribution in [-0.2, 0) is 11.3 Å². The molecule has 0 fully saturated rings. The molecule has 0 saturated heterocycles. The Kier molecular flexibility index (Phi) is 6.22. The van der Waals surface area contributed by atoms with Crippen LogP contribution in [0.3, 0.4) is 0 Å². The van der Waals surface area contributed by atoms with Gasteiger partial charge >= 0.3 is 0 Å². The molecule has 2 aromatic rings. The number of imidazole rings is 1. The maximum Gasteiger partial charge on any atom is 0.195 e. The third-order valence-electron chi connectivity index (χ3n) is 2.23. The highest BCUT2D eigenvalue weighted by molar-refractivity contribution is 7.15. The van der Waals surface area contributed by atoms with Gasteiger partial charge in [-0.15, -0.1) is 23.7 Å². The Balaban J connectivity index is 0.00000144. The Morgan fingerprint density at radius 3 is 3.18 bits per heavy atom.